The maximum absolute atomic E-state index is 12.1. The molecule has 1 atom stereocenters. The first-order chi connectivity index (χ1) is 14.5. The number of rotatable bonds is 6. The maximum atomic E-state index is 12.1. The number of hydrogen-bond acceptors (Lipinski definition) is 4. The molecule has 4 nitrogen and oxygen atoms in total. The van der Waals surface area contributed by atoms with Crippen molar-refractivity contribution in [1.82, 2.24) is 10.3 Å². The number of nitrogens with one attached hydrogen (secondary N) is 1. The van der Waals surface area contributed by atoms with Crippen molar-refractivity contribution < 1.29 is 9.53 Å². The van der Waals surface area contributed by atoms with Crippen molar-refractivity contribution in [3.8, 4) is 16.2 Å². The third-order valence-electron chi connectivity index (χ3n) is 4.78. The minimum atomic E-state index is -0.170. The van der Waals surface area contributed by atoms with Gasteiger partial charge in [-0.2, -0.15) is 0 Å². The van der Waals surface area contributed by atoms with Crippen molar-refractivity contribution >= 4 is 40.5 Å². The molecule has 2 aromatic heterocycles. The fraction of sp³-hybridized carbons (Fsp3) is 0.167. The fourth-order valence-electron chi connectivity index (χ4n) is 3.29. The number of pyridine rings is 1. The molecule has 3 heterocycles. The number of allylic oxidation sites excluding steroid dienone is 1. The van der Waals surface area contributed by atoms with Gasteiger partial charge in [0, 0.05) is 40.2 Å². The van der Waals surface area contributed by atoms with Crippen LogP contribution < -0.4 is 10.1 Å². The number of carbonyl (C=O) groups is 1. The number of benzene rings is 1. The highest BCUT2D eigenvalue weighted by Gasteiger charge is 2.26. The third-order valence-corrected chi connectivity index (χ3v) is 6.36. The smallest absolute Gasteiger partial charge is 0.244 e. The van der Waals surface area contributed by atoms with Crippen LogP contribution in [0.5, 0.6) is 5.75 Å². The van der Waals surface area contributed by atoms with E-state index < -0.39 is 0 Å². The summed E-state index contributed by atoms with van der Waals surface area (Å²) < 4.78 is 5.99. The Kier molecular flexibility index (Phi) is 6.02. The van der Waals surface area contributed by atoms with Crippen LogP contribution in [0.3, 0.4) is 0 Å². The van der Waals surface area contributed by atoms with Gasteiger partial charge in [-0.3, -0.25) is 9.78 Å². The summed E-state index contributed by atoms with van der Waals surface area (Å²) in [6.07, 6.45) is 7.19. The van der Waals surface area contributed by atoms with Crippen LogP contribution in [0.15, 0.2) is 61.4 Å². The first kappa shape index (κ1) is 20.4. The normalized spacial score (nSPS) is 15.1. The molecule has 3 aromatic rings. The Balaban J connectivity index is 1.39. The Bertz CT molecular complexity index is 1120. The molecule has 0 saturated carbocycles. The summed E-state index contributed by atoms with van der Waals surface area (Å²) in [4.78, 5) is 18.4. The molecule has 0 spiro atoms. The van der Waals surface area contributed by atoms with Crippen LogP contribution >= 0.6 is 22.9 Å². The lowest BCUT2D eigenvalue weighted by Crippen LogP contribution is -2.33. The number of fused-ring (bicyclic) bond motifs is 1. The second-order valence-electron chi connectivity index (χ2n) is 7.20. The SMILES string of the molecule is C=C(C)c1ccc(-c2cc(Cl)c3c(c2)C[C@@H](CNC(=O)/C=C/c2cccnc2)O3)s1. The molecule has 0 saturated heterocycles. The van der Waals surface area contributed by atoms with Crippen molar-refractivity contribution in [2.24, 2.45) is 0 Å². The van der Waals surface area contributed by atoms with Crippen LogP contribution in [0, 0.1) is 0 Å². The van der Waals surface area contributed by atoms with E-state index in [4.69, 9.17) is 16.3 Å². The molecule has 1 aromatic carbocycles. The molecule has 0 bridgehead atoms. The van der Waals surface area contributed by atoms with Crippen LogP contribution in [-0.2, 0) is 11.2 Å². The van der Waals surface area contributed by atoms with Crippen molar-refractivity contribution in [3.63, 3.8) is 0 Å². The van der Waals surface area contributed by atoms with E-state index >= 15 is 0 Å². The Labute approximate surface area is 184 Å². The first-order valence-electron chi connectivity index (χ1n) is 9.60. The summed E-state index contributed by atoms with van der Waals surface area (Å²) >= 11 is 8.20. The molecule has 4 rings (SSSR count). The minimum Gasteiger partial charge on any atom is -0.486 e. The highest BCUT2D eigenvalue weighted by molar-refractivity contribution is 7.16. The van der Waals surface area contributed by atoms with E-state index in [9.17, 15) is 4.79 Å². The van der Waals surface area contributed by atoms with Crippen molar-refractivity contribution in [2.75, 3.05) is 6.54 Å². The highest BCUT2D eigenvalue weighted by Crippen LogP contribution is 2.41. The molecule has 6 heteroatoms. The number of amides is 1. The topological polar surface area (TPSA) is 51.2 Å². The monoisotopic (exact) mass is 436 g/mol. The van der Waals surface area contributed by atoms with E-state index in [1.165, 1.54) is 6.08 Å². The van der Waals surface area contributed by atoms with Crippen molar-refractivity contribution in [2.45, 2.75) is 19.4 Å². The number of halogens is 1. The lowest BCUT2D eigenvalue weighted by atomic mass is 10.1. The zero-order valence-corrected chi connectivity index (χ0v) is 18.1. The first-order valence-corrected chi connectivity index (χ1v) is 10.8. The lowest BCUT2D eigenvalue weighted by Gasteiger charge is -2.11. The van der Waals surface area contributed by atoms with Gasteiger partial charge in [0.05, 0.1) is 11.6 Å². The largest absolute Gasteiger partial charge is 0.486 e. The molecule has 1 aliphatic rings. The Morgan fingerprint density at radius 3 is 3.00 bits per heavy atom. The summed E-state index contributed by atoms with van der Waals surface area (Å²) in [5, 5.41) is 3.48. The highest BCUT2D eigenvalue weighted by atomic mass is 35.5. The van der Waals surface area contributed by atoms with Crippen LogP contribution in [0.4, 0.5) is 0 Å². The van der Waals surface area contributed by atoms with E-state index in [1.807, 2.05) is 25.1 Å². The molecule has 152 valence electrons. The van der Waals surface area contributed by atoms with Gasteiger partial charge in [-0.15, -0.1) is 11.3 Å². The number of ether oxygens (including phenoxy) is 1. The molecule has 0 radical (unpaired) electrons. The molecule has 0 fully saturated rings. The van der Waals surface area contributed by atoms with Crippen LogP contribution in [0.1, 0.15) is 22.9 Å². The zero-order valence-electron chi connectivity index (χ0n) is 16.5. The van der Waals surface area contributed by atoms with Gasteiger partial charge in [0.2, 0.25) is 5.91 Å². The van der Waals surface area contributed by atoms with E-state index in [0.29, 0.717) is 23.7 Å². The number of carbonyl (C=O) groups excluding carboxylic acids is 1. The Hall–Kier alpha value is -2.89. The number of aromatic nitrogens is 1. The van der Waals surface area contributed by atoms with Gasteiger partial charge < -0.3 is 10.1 Å². The van der Waals surface area contributed by atoms with Crippen LogP contribution in [-0.4, -0.2) is 23.5 Å². The van der Waals surface area contributed by atoms with Gasteiger partial charge in [0.1, 0.15) is 11.9 Å². The van der Waals surface area contributed by atoms with Gasteiger partial charge in [-0.25, -0.2) is 0 Å². The van der Waals surface area contributed by atoms with Gasteiger partial charge >= 0.3 is 0 Å². The minimum absolute atomic E-state index is 0.141. The van der Waals surface area contributed by atoms with Crippen molar-refractivity contribution in [1.29, 1.82) is 0 Å². The van der Waals surface area contributed by atoms with Crippen LogP contribution in [0.25, 0.3) is 22.1 Å². The lowest BCUT2D eigenvalue weighted by molar-refractivity contribution is -0.116. The summed E-state index contributed by atoms with van der Waals surface area (Å²) in [6, 6.07) is 12.0. The molecule has 1 N–H and O–H groups in total. The molecule has 1 amide bonds. The summed E-state index contributed by atoms with van der Waals surface area (Å²) in [5.74, 6) is 0.540. The Morgan fingerprint density at radius 2 is 2.27 bits per heavy atom. The number of thiophene rings is 1. The second kappa shape index (κ2) is 8.86. The predicted molar refractivity (Wildman–Crippen MR) is 124 cm³/mol. The van der Waals surface area contributed by atoms with E-state index in [0.717, 1.165) is 32.0 Å². The number of hydrogen-bond donors (Lipinski definition) is 1. The van der Waals surface area contributed by atoms with Crippen LogP contribution in [0.2, 0.25) is 5.02 Å². The maximum Gasteiger partial charge on any atom is 0.244 e. The summed E-state index contributed by atoms with van der Waals surface area (Å²) in [6.45, 7) is 6.42. The third kappa shape index (κ3) is 4.64. The van der Waals surface area contributed by atoms with Gasteiger partial charge in [-0.1, -0.05) is 24.2 Å². The molecular formula is C24H21ClN2O2S. The van der Waals surface area contributed by atoms with Crippen molar-refractivity contribution in [3.05, 3.63) is 82.5 Å². The summed E-state index contributed by atoms with van der Waals surface area (Å²) in [7, 11) is 0. The average Bonchev–Trinajstić information content (AvgIpc) is 3.39. The molecule has 0 aliphatic carbocycles. The van der Waals surface area contributed by atoms with Gasteiger partial charge in [-0.05, 0) is 60.0 Å². The Morgan fingerprint density at radius 1 is 1.40 bits per heavy atom. The zero-order chi connectivity index (χ0) is 21.1. The molecule has 30 heavy (non-hydrogen) atoms. The quantitative estimate of drug-likeness (QED) is 0.509. The standard InChI is InChI=1S/C24H21ClN2O2S/c1-15(2)21-6-7-22(30-21)17-10-18-11-19(29-24(18)20(25)12-17)14-27-23(28)8-5-16-4-3-9-26-13-16/h3-10,12-13,19H,1,11,14H2,2H3,(H,27,28)/b8-5+/t19-/m0/s1. The summed E-state index contributed by atoms with van der Waals surface area (Å²) in [5.41, 5.74) is 4.06. The van der Waals surface area contributed by atoms with E-state index in [-0.39, 0.29) is 12.0 Å². The average molecular weight is 437 g/mol. The van der Waals surface area contributed by atoms with Gasteiger partial charge in [0.15, 0.2) is 0 Å². The second-order valence-corrected chi connectivity index (χ2v) is 8.69. The predicted octanol–water partition coefficient (Wildman–Crippen LogP) is 5.63. The molecule has 0 unspecified atom stereocenters. The molecule has 1 aliphatic heterocycles. The fourth-order valence-corrected chi connectivity index (χ4v) is 4.49. The van der Waals surface area contributed by atoms with E-state index in [1.54, 1.807) is 29.8 Å². The van der Waals surface area contributed by atoms with E-state index in [2.05, 4.69) is 35.1 Å². The molecular weight excluding hydrogens is 416 g/mol. The van der Waals surface area contributed by atoms with Gasteiger partial charge in [0.25, 0.3) is 0 Å². The number of nitrogens with zero attached hydrogens (tertiary/aromatic N) is 1.